The van der Waals surface area contributed by atoms with Gasteiger partial charge in [-0.15, -0.1) is 0 Å². The van der Waals surface area contributed by atoms with Crippen molar-refractivity contribution >= 4 is 22.6 Å². The molecule has 0 aliphatic carbocycles. The van der Waals surface area contributed by atoms with Crippen LogP contribution >= 0.6 is 0 Å². The van der Waals surface area contributed by atoms with Crippen molar-refractivity contribution in [2.45, 2.75) is 19.9 Å². The highest BCUT2D eigenvalue weighted by atomic mass is 16.5. The van der Waals surface area contributed by atoms with Crippen molar-refractivity contribution in [2.24, 2.45) is 7.05 Å². The van der Waals surface area contributed by atoms with Crippen molar-refractivity contribution in [1.82, 2.24) is 9.13 Å². The van der Waals surface area contributed by atoms with Crippen LogP contribution < -0.4 is 15.7 Å². The second-order valence-corrected chi connectivity index (χ2v) is 5.98. The van der Waals surface area contributed by atoms with Gasteiger partial charge in [0.25, 0.3) is 0 Å². The number of hydrogen-bond acceptors (Lipinski definition) is 3. The van der Waals surface area contributed by atoms with E-state index in [-0.39, 0.29) is 18.0 Å². The second-order valence-electron chi connectivity index (χ2n) is 5.98. The molecule has 0 radical (unpaired) electrons. The van der Waals surface area contributed by atoms with Crippen molar-refractivity contribution in [1.29, 1.82) is 0 Å². The minimum Gasteiger partial charge on any atom is -0.495 e. The molecule has 25 heavy (non-hydrogen) atoms. The maximum atomic E-state index is 12.4. The summed E-state index contributed by atoms with van der Waals surface area (Å²) in [5.74, 6) is 0.449. The van der Waals surface area contributed by atoms with Crippen LogP contribution in [0.25, 0.3) is 11.0 Å². The van der Waals surface area contributed by atoms with Crippen molar-refractivity contribution in [3.8, 4) is 5.75 Å². The lowest BCUT2D eigenvalue weighted by Crippen LogP contribution is -2.24. The molecule has 0 spiro atoms. The summed E-state index contributed by atoms with van der Waals surface area (Å²) in [5.41, 5.74) is 3.23. The Kier molecular flexibility index (Phi) is 4.61. The van der Waals surface area contributed by atoms with Crippen LogP contribution in [-0.2, 0) is 18.4 Å². The number of nitrogens with one attached hydrogen (secondary N) is 1. The maximum Gasteiger partial charge on any atom is 0.328 e. The first-order chi connectivity index (χ1) is 12.0. The van der Waals surface area contributed by atoms with E-state index >= 15 is 0 Å². The number of benzene rings is 2. The summed E-state index contributed by atoms with van der Waals surface area (Å²) in [6.45, 7) is 2.27. The molecule has 0 saturated carbocycles. The summed E-state index contributed by atoms with van der Waals surface area (Å²) in [5, 5.41) is 2.86. The lowest BCUT2D eigenvalue weighted by Gasteiger charge is -2.11. The standard InChI is InChI=1S/C19H21N3O3/c1-13-8-9-17(25-3)14(12-13)20-18(23)10-11-22-16-7-5-4-6-15(16)21(2)19(22)24/h4-9,12H,10-11H2,1-3H3,(H,20,23). The number of methoxy groups -OCH3 is 1. The molecule has 1 amide bonds. The van der Waals surface area contributed by atoms with E-state index in [4.69, 9.17) is 4.74 Å². The third-order valence-electron chi connectivity index (χ3n) is 4.24. The second kappa shape index (κ2) is 6.84. The lowest BCUT2D eigenvalue weighted by atomic mass is 10.2. The first-order valence-corrected chi connectivity index (χ1v) is 8.10. The summed E-state index contributed by atoms with van der Waals surface area (Å²) in [4.78, 5) is 24.7. The van der Waals surface area contributed by atoms with Crippen LogP contribution in [0, 0.1) is 6.92 Å². The number of amides is 1. The number of rotatable bonds is 5. The molecule has 1 heterocycles. The fourth-order valence-corrected chi connectivity index (χ4v) is 2.92. The third-order valence-corrected chi connectivity index (χ3v) is 4.24. The average Bonchev–Trinajstić information content (AvgIpc) is 2.85. The minimum absolute atomic E-state index is 0.123. The third kappa shape index (κ3) is 3.28. The highest BCUT2D eigenvalue weighted by Gasteiger charge is 2.12. The SMILES string of the molecule is COc1ccc(C)cc1NC(=O)CCn1c(=O)n(C)c2ccccc21. The highest BCUT2D eigenvalue weighted by molar-refractivity contribution is 5.92. The fourth-order valence-electron chi connectivity index (χ4n) is 2.92. The molecular weight excluding hydrogens is 318 g/mol. The fraction of sp³-hybridized carbons (Fsp3) is 0.263. The molecule has 0 atom stereocenters. The zero-order chi connectivity index (χ0) is 18.0. The smallest absolute Gasteiger partial charge is 0.328 e. The zero-order valence-corrected chi connectivity index (χ0v) is 14.6. The Bertz CT molecular complexity index is 985. The van der Waals surface area contributed by atoms with Crippen LogP contribution in [0.4, 0.5) is 5.69 Å². The van der Waals surface area contributed by atoms with Crippen molar-refractivity contribution in [3.05, 3.63) is 58.5 Å². The first kappa shape index (κ1) is 16.8. The normalized spacial score (nSPS) is 10.8. The Morgan fingerprint density at radius 2 is 1.88 bits per heavy atom. The van der Waals surface area contributed by atoms with E-state index in [9.17, 15) is 9.59 Å². The number of ether oxygens (including phenoxy) is 1. The van der Waals surface area contributed by atoms with Gasteiger partial charge in [0, 0.05) is 20.0 Å². The van der Waals surface area contributed by atoms with Crippen molar-refractivity contribution in [2.75, 3.05) is 12.4 Å². The Morgan fingerprint density at radius 3 is 2.60 bits per heavy atom. The van der Waals surface area contributed by atoms with Crippen LogP contribution in [0.1, 0.15) is 12.0 Å². The molecule has 2 aromatic carbocycles. The molecule has 0 bridgehead atoms. The van der Waals surface area contributed by atoms with E-state index < -0.39 is 0 Å². The Morgan fingerprint density at radius 1 is 1.16 bits per heavy atom. The molecule has 3 aromatic rings. The number of carbonyl (C=O) groups excluding carboxylic acids is 1. The molecule has 0 unspecified atom stereocenters. The molecule has 0 fully saturated rings. The Hall–Kier alpha value is -3.02. The Labute approximate surface area is 145 Å². The number of imidazole rings is 1. The quantitative estimate of drug-likeness (QED) is 0.777. The van der Waals surface area contributed by atoms with Gasteiger partial charge in [-0.05, 0) is 36.8 Å². The summed E-state index contributed by atoms with van der Waals surface area (Å²) in [7, 11) is 3.30. The number of aromatic nitrogens is 2. The van der Waals surface area contributed by atoms with E-state index in [1.165, 1.54) is 0 Å². The number of nitrogens with zero attached hydrogens (tertiary/aromatic N) is 2. The van der Waals surface area contributed by atoms with Crippen LogP contribution in [0.15, 0.2) is 47.3 Å². The van der Waals surface area contributed by atoms with Gasteiger partial charge in [0.2, 0.25) is 5.91 Å². The first-order valence-electron chi connectivity index (χ1n) is 8.10. The van der Waals surface area contributed by atoms with Gasteiger partial charge in [0.05, 0.1) is 23.8 Å². The number of anilines is 1. The van der Waals surface area contributed by atoms with Crippen molar-refractivity contribution in [3.63, 3.8) is 0 Å². The Balaban J connectivity index is 1.77. The lowest BCUT2D eigenvalue weighted by molar-refractivity contribution is -0.116. The molecule has 1 aromatic heterocycles. The van der Waals surface area contributed by atoms with Gasteiger partial charge < -0.3 is 10.1 Å². The van der Waals surface area contributed by atoms with Gasteiger partial charge in [-0.2, -0.15) is 0 Å². The average molecular weight is 339 g/mol. The molecule has 6 heteroatoms. The van der Waals surface area contributed by atoms with E-state index in [1.807, 2.05) is 49.4 Å². The zero-order valence-electron chi connectivity index (χ0n) is 14.6. The molecule has 0 saturated heterocycles. The monoisotopic (exact) mass is 339 g/mol. The summed E-state index contributed by atoms with van der Waals surface area (Å²) < 4.78 is 8.49. The predicted octanol–water partition coefficient (Wildman–Crippen LogP) is 2.69. The molecule has 0 aliphatic rings. The molecule has 130 valence electrons. The predicted molar refractivity (Wildman–Crippen MR) is 98.2 cm³/mol. The molecule has 3 rings (SSSR count). The number of para-hydroxylation sites is 2. The number of fused-ring (bicyclic) bond motifs is 1. The topological polar surface area (TPSA) is 65.3 Å². The van der Waals surface area contributed by atoms with Gasteiger partial charge in [-0.3, -0.25) is 13.9 Å². The number of aryl methyl sites for hydroxylation is 3. The minimum atomic E-state index is -0.163. The molecule has 6 nitrogen and oxygen atoms in total. The maximum absolute atomic E-state index is 12.4. The van der Waals surface area contributed by atoms with Crippen LogP contribution in [-0.4, -0.2) is 22.2 Å². The summed E-state index contributed by atoms with van der Waals surface area (Å²) in [6, 6.07) is 13.2. The van der Waals surface area contributed by atoms with Crippen LogP contribution in [0.5, 0.6) is 5.75 Å². The molecule has 1 N–H and O–H groups in total. The largest absolute Gasteiger partial charge is 0.495 e. The number of carbonyl (C=O) groups is 1. The summed E-state index contributed by atoms with van der Waals surface area (Å²) >= 11 is 0. The van der Waals surface area contributed by atoms with Crippen LogP contribution in [0.3, 0.4) is 0 Å². The highest BCUT2D eigenvalue weighted by Crippen LogP contribution is 2.25. The molecule has 0 aliphatic heterocycles. The number of hydrogen-bond donors (Lipinski definition) is 1. The van der Waals surface area contributed by atoms with Crippen molar-refractivity contribution < 1.29 is 9.53 Å². The molecular formula is C19H21N3O3. The van der Waals surface area contributed by atoms with Gasteiger partial charge in [-0.25, -0.2) is 4.79 Å². The van der Waals surface area contributed by atoms with E-state index in [0.29, 0.717) is 18.0 Å². The van der Waals surface area contributed by atoms with Gasteiger partial charge >= 0.3 is 5.69 Å². The van der Waals surface area contributed by atoms with Gasteiger partial charge in [-0.1, -0.05) is 18.2 Å². The van der Waals surface area contributed by atoms with E-state index in [0.717, 1.165) is 16.6 Å². The summed E-state index contributed by atoms with van der Waals surface area (Å²) in [6.07, 6.45) is 0.199. The van der Waals surface area contributed by atoms with Gasteiger partial charge in [0.1, 0.15) is 5.75 Å². The van der Waals surface area contributed by atoms with E-state index in [1.54, 1.807) is 23.3 Å². The van der Waals surface area contributed by atoms with E-state index in [2.05, 4.69) is 5.32 Å². The van der Waals surface area contributed by atoms with Gasteiger partial charge in [0.15, 0.2) is 0 Å². The van der Waals surface area contributed by atoms with Crippen LogP contribution in [0.2, 0.25) is 0 Å².